The van der Waals surface area contributed by atoms with E-state index in [0.29, 0.717) is 0 Å². The number of anilines is 1. The molecule has 0 fully saturated rings. The Balaban J connectivity index is 1.51. The summed E-state index contributed by atoms with van der Waals surface area (Å²) in [7, 11) is 0. The number of rotatable bonds is 3. The highest BCUT2D eigenvalue weighted by Gasteiger charge is 2.28. The second-order valence-electron chi connectivity index (χ2n) is 9.35. The SMILES string of the molecule is Cc1cc(C)c2c(c1)NC(=O)C2=Cc1[nH]c2c(c1Cc1nccc3ccccc13)CCCC2. The van der Waals surface area contributed by atoms with Gasteiger partial charge in [-0.25, -0.2) is 0 Å². The maximum absolute atomic E-state index is 13.0. The number of hydrogen-bond donors (Lipinski definition) is 2. The van der Waals surface area contributed by atoms with Crippen molar-refractivity contribution in [3.05, 3.63) is 93.6 Å². The molecule has 2 N–H and O–H groups in total. The van der Waals surface area contributed by atoms with Gasteiger partial charge >= 0.3 is 0 Å². The average molecular weight is 434 g/mol. The van der Waals surface area contributed by atoms with Gasteiger partial charge in [-0.15, -0.1) is 0 Å². The minimum absolute atomic E-state index is 0.0273. The maximum Gasteiger partial charge on any atom is 0.256 e. The van der Waals surface area contributed by atoms with Gasteiger partial charge < -0.3 is 10.3 Å². The monoisotopic (exact) mass is 433 g/mol. The molecule has 164 valence electrons. The molecule has 2 aromatic heterocycles. The summed E-state index contributed by atoms with van der Waals surface area (Å²) < 4.78 is 0. The number of nitrogens with one attached hydrogen (secondary N) is 2. The first-order valence-corrected chi connectivity index (χ1v) is 11.8. The highest BCUT2D eigenvalue weighted by molar-refractivity contribution is 6.35. The number of hydrogen-bond acceptors (Lipinski definition) is 2. The Morgan fingerprint density at radius 2 is 1.91 bits per heavy atom. The number of carbonyl (C=O) groups is 1. The molecule has 1 amide bonds. The van der Waals surface area contributed by atoms with Crippen molar-refractivity contribution in [3.8, 4) is 0 Å². The van der Waals surface area contributed by atoms with Crippen LogP contribution in [0.5, 0.6) is 0 Å². The largest absolute Gasteiger partial charge is 0.358 e. The molecule has 0 unspecified atom stereocenters. The summed E-state index contributed by atoms with van der Waals surface area (Å²) >= 11 is 0. The van der Waals surface area contributed by atoms with Crippen LogP contribution in [0.2, 0.25) is 0 Å². The van der Waals surface area contributed by atoms with E-state index in [1.165, 1.54) is 40.4 Å². The molecule has 0 radical (unpaired) electrons. The summed E-state index contributed by atoms with van der Waals surface area (Å²) in [5, 5.41) is 5.48. The molecule has 0 bridgehead atoms. The number of fused-ring (bicyclic) bond motifs is 3. The quantitative estimate of drug-likeness (QED) is 0.381. The Morgan fingerprint density at radius 1 is 1.06 bits per heavy atom. The summed E-state index contributed by atoms with van der Waals surface area (Å²) in [5.41, 5.74) is 11.1. The van der Waals surface area contributed by atoms with Gasteiger partial charge in [-0.1, -0.05) is 30.3 Å². The number of H-pyrrole nitrogens is 1. The number of aromatic amines is 1. The van der Waals surface area contributed by atoms with Gasteiger partial charge in [0.15, 0.2) is 0 Å². The molecule has 0 spiro atoms. The normalized spacial score (nSPS) is 16.2. The van der Waals surface area contributed by atoms with E-state index in [2.05, 4.69) is 72.7 Å². The summed E-state index contributed by atoms with van der Waals surface area (Å²) in [6, 6.07) is 14.7. The van der Waals surface area contributed by atoms with Gasteiger partial charge in [0.1, 0.15) is 0 Å². The molecule has 4 heteroatoms. The number of amides is 1. The third kappa shape index (κ3) is 3.37. The van der Waals surface area contributed by atoms with Crippen molar-refractivity contribution in [1.82, 2.24) is 9.97 Å². The minimum Gasteiger partial charge on any atom is -0.358 e. The number of benzene rings is 2. The molecule has 33 heavy (non-hydrogen) atoms. The van der Waals surface area contributed by atoms with E-state index in [4.69, 9.17) is 4.98 Å². The van der Waals surface area contributed by atoms with Crippen molar-refractivity contribution in [2.45, 2.75) is 46.0 Å². The Hall–Kier alpha value is -3.66. The summed E-state index contributed by atoms with van der Waals surface area (Å²) in [6.07, 6.45) is 9.29. The van der Waals surface area contributed by atoms with Crippen LogP contribution in [0.15, 0.2) is 48.7 Å². The van der Waals surface area contributed by atoms with Gasteiger partial charge in [-0.2, -0.15) is 0 Å². The molecule has 0 saturated heterocycles. The predicted molar refractivity (Wildman–Crippen MR) is 134 cm³/mol. The lowest BCUT2D eigenvalue weighted by molar-refractivity contribution is -0.110. The van der Waals surface area contributed by atoms with Gasteiger partial charge in [0.2, 0.25) is 0 Å². The lowest BCUT2D eigenvalue weighted by atomic mass is 9.91. The molecular weight excluding hydrogens is 406 g/mol. The van der Waals surface area contributed by atoms with E-state index in [-0.39, 0.29) is 5.91 Å². The highest BCUT2D eigenvalue weighted by Crippen LogP contribution is 2.38. The van der Waals surface area contributed by atoms with Gasteiger partial charge in [0.05, 0.1) is 11.3 Å². The molecule has 2 aliphatic rings. The van der Waals surface area contributed by atoms with E-state index in [0.717, 1.165) is 58.6 Å². The number of nitrogens with zero attached hydrogens (tertiary/aromatic N) is 1. The smallest absolute Gasteiger partial charge is 0.256 e. The lowest BCUT2D eigenvalue weighted by Gasteiger charge is -2.13. The second kappa shape index (κ2) is 7.73. The molecular formula is C29H27N3O. The summed E-state index contributed by atoms with van der Waals surface area (Å²) in [5.74, 6) is -0.0273. The topological polar surface area (TPSA) is 57.8 Å². The van der Waals surface area contributed by atoms with Crippen LogP contribution < -0.4 is 5.32 Å². The van der Waals surface area contributed by atoms with Crippen molar-refractivity contribution in [3.63, 3.8) is 0 Å². The first-order chi connectivity index (χ1) is 16.1. The van der Waals surface area contributed by atoms with E-state index >= 15 is 0 Å². The van der Waals surface area contributed by atoms with Gasteiger partial charge in [0.25, 0.3) is 5.91 Å². The standard InChI is InChI=1S/C29H27N3O/c1-17-13-18(2)28-23(29(33)32-27(28)14-17)16-26-22(21-9-5-6-10-24(21)31-26)15-25-20-8-4-3-7-19(20)11-12-30-25/h3-4,7-8,11-14,16,31H,5-6,9-10,15H2,1-2H3,(H,32,33). The second-order valence-corrected chi connectivity index (χ2v) is 9.35. The van der Waals surface area contributed by atoms with E-state index in [1.807, 2.05) is 6.20 Å². The van der Waals surface area contributed by atoms with Crippen molar-refractivity contribution < 1.29 is 4.79 Å². The van der Waals surface area contributed by atoms with Crippen LogP contribution in [0.3, 0.4) is 0 Å². The zero-order chi connectivity index (χ0) is 22.5. The fourth-order valence-corrected chi connectivity index (χ4v) is 5.60. The predicted octanol–water partition coefficient (Wildman–Crippen LogP) is 6.14. The van der Waals surface area contributed by atoms with Crippen molar-refractivity contribution in [2.75, 3.05) is 5.32 Å². The van der Waals surface area contributed by atoms with Crippen molar-refractivity contribution >= 4 is 34.0 Å². The molecule has 4 aromatic rings. The minimum atomic E-state index is -0.0273. The van der Waals surface area contributed by atoms with Gasteiger partial charge in [-0.05, 0) is 85.4 Å². The van der Waals surface area contributed by atoms with E-state index in [1.54, 1.807) is 0 Å². The van der Waals surface area contributed by atoms with E-state index in [9.17, 15) is 4.79 Å². The van der Waals surface area contributed by atoms with E-state index < -0.39 is 0 Å². The third-order valence-electron chi connectivity index (χ3n) is 7.07. The number of pyridine rings is 1. The maximum atomic E-state index is 13.0. The van der Waals surface area contributed by atoms with Crippen LogP contribution >= 0.6 is 0 Å². The van der Waals surface area contributed by atoms with Gasteiger partial charge in [0, 0.05) is 40.6 Å². The fraction of sp³-hybridized carbons (Fsp3) is 0.241. The van der Waals surface area contributed by atoms with Gasteiger partial charge in [-0.3, -0.25) is 9.78 Å². The molecule has 0 saturated carbocycles. The van der Waals surface area contributed by atoms with Crippen molar-refractivity contribution in [1.29, 1.82) is 0 Å². The Bertz CT molecular complexity index is 1450. The van der Waals surface area contributed by atoms with Crippen LogP contribution in [0, 0.1) is 13.8 Å². The first kappa shape index (κ1) is 20.0. The summed E-state index contributed by atoms with van der Waals surface area (Å²) in [6.45, 7) is 4.15. The van der Waals surface area contributed by atoms with Crippen LogP contribution in [0.25, 0.3) is 22.4 Å². The van der Waals surface area contributed by atoms with Crippen LogP contribution in [-0.2, 0) is 24.1 Å². The molecule has 1 aliphatic heterocycles. The molecule has 6 rings (SSSR count). The third-order valence-corrected chi connectivity index (χ3v) is 7.07. The lowest BCUT2D eigenvalue weighted by Crippen LogP contribution is -2.05. The van der Waals surface area contributed by atoms with Crippen LogP contribution in [0.1, 0.15) is 57.7 Å². The van der Waals surface area contributed by atoms with Crippen LogP contribution in [0.4, 0.5) is 5.69 Å². The Labute approximate surface area is 193 Å². The molecule has 0 atom stereocenters. The van der Waals surface area contributed by atoms with Crippen LogP contribution in [-0.4, -0.2) is 15.9 Å². The Kier molecular flexibility index (Phi) is 4.68. The number of carbonyl (C=O) groups excluding carboxylic acids is 1. The zero-order valence-electron chi connectivity index (χ0n) is 19.1. The fourth-order valence-electron chi connectivity index (χ4n) is 5.60. The molecule has 4 nitrogen and oxygen atoms in total. The first-order valence-electron chi connectivity index (χ1n) is 11.8. The molecule has 3 heterocycles. The molecule has 1 aliphatic carbocycles. The molecule has 2 aromatic carbocycles. The number of aromatic nitrogens is 2. The number of aryl methyl sites for hydroxylation is 3. The zero-order valence-corrected chi connectivity index (χ0v) is 19.1. The average Bonchev–Trinajstić information content (AvgIpc) is 3.31. The Morgan fingerprint density at radius 3 is 2.82 bits per heavy atom. The highest BCUT2D eigenvalue weighted by atomic mass is 16.2. The van der Waals surface area contributed by atoms with Crippen molar-refractivity contribution in [2.24, 2.45) is 0 Å². The summed E-state index contributed by atoms with van der Waals surface area (Å²) in [4.78, 5) is 21.4.